The van der Waals surface area contributed by atoms with E-state index in [1.54, 1.807) is 0 Å². The summed E-state index contributed by atoms with van der Waals surface area (Å²) in [6.45, 7) is 1.77. The van der Waals surface area contributed by atoms with Gasteiger partial charge in [0.05, 0.1) is 12.6 Å². The minimum Gasteiger partial charge on any atom is -0.550 e. The predicted octanol–water partition coefficient (Wildman–Crippen LogP) is -9.32. The van der Waals surface area contributed by atoms with Crippen LogP contribution in [0.15, 0.2) is 12.2 Å². The zero-order valence-corrected chi connectivity index (χ0v) is 34.9. The Kier molecular flexibility index (Phi) is 47.6. The van der Waals surface area contributed by atoms with Gasteiger partial charge in [-0.1, -0.05) is 70.4 Å². The van der Waals surface area contributed by atoms with E-state index in [0.717, 1.165) is 25.7 Å². The van der Waals surface area contributed by atoms with Crippen molar-refractivity contribution in [2.75, 3.05) is 13.2 Å². The molecule has 0 saturated heterocycles. The maximum atomic E-state index is 11.4. The van der Waals surface area contributed by atoms with Crippen molar-refractivity contribution in [3.05, 3.63) is 12.2 Å². The van der Waals surface area contributed by atoms with Crippen molar-refractivity contribution in [1.82, 2.24) is 0 Å². The molecule has 0 bridgehead atoms. The summed E-state index contributed by atoms with van der Waals surface area (Å²) in [6, 6.07) is 0. The number of rotatable bonds is 23. The van der Waals surface area contributed by atoms with Crippen LogP contribution in [0, 0.1) is 0 Å². The van der Waals surface area contributed by atoms with Crippen LogP contribution in [0.1, 0.15) is 110 Å². The Morgan fingerprint density at radius 1 is 0.756 bits per heavy atom. The second-order valence-electron chi connectivity index (χ2n) is 9.27. The topological polar surface area (TPSA) is 207 Å². The van der Waals surface area contributed by atoms with Crippen molar-refractivity contribution in [3.63, 3.8) is 0 Å². The van der Waals surface area contributed by atoms with Crippen molar-refractivity contribution in [2.24, 2.45) is 0 Å². The smallest absolute Gasteiger partial charge is 0.550 e. The summed E-state index contributed by atoms with van der Waals surface area (Å²) in [6.07, 6.45) is 17.4. The van der Waals surface area contributed by atoms with Gasteiger partial charge in [0.15, 0.2) is 0 Å². The normalized spacial score (nSPS) is 11.1. The van der Waals surface area contributed by atoms with E-state index in [1.807, 2.05) is 0 Å². The van der Waals surface area contributed by atoms with Crippen LogP contribution in [0.3, 0.4) is 0 Å². The molecule has 222 valence electrons. The summed E-state index contributed by atoms with van der Waals surface area (Å²) in [4.78, 5) is 41.4. The number of carbonyl (C=O) groups is 4. The number of aliphatic carboxylic acids is 3. The van der Waals surface area contributed by atoms with Gasteiger partial charge in [0.1, 0.15) is 18.3 Å². The fourth-order valence-electron chi connectivity index (χ4n) is 3.34. The maximum absolute atomic E-state index is 11.4. The molecule has 41 heavy (non-hydrogen) atoms. The molecule has 0 aliphatic rings. The number of carboxylic acids is 3. The number of aliphatic hydroxyl groups excluding tert-OH is 2. The standard InChI is InChI=1S/C21H40O4.C6H8O7.3K/c1-2-3-4-5-6-7-8-9-10-11-12-13-14-15-16-17-21(24)25-19-20(23)18-22;7-3(8)1-6(13,5(11)12)2-4(9)10;;;/h9-10,20,22-23H,2-8,11-19H2,1H3;13H,1-2H2,(H,7,8)(H,9,10)(H,11,12);;;/q;;3*+1/p-3/b10-9-;;;;. The third kappa shape index (κ3) is 38.5. The monoisotopic (exact) mass is 662 g/mol. The summed E-state index contributed by atoms with van der Waals surface area (Å²) in [5, 5.41) is 56.6. The van der Waals surface area contributed by atoms with E-state index in [-0.39, 0.29) is 173 Å². The van der Waals surface area contributed by atoms with Gasteiger partial charge in [0.25, 0.3) is 0 Å². The number of ether oxygens (including phenoxy) is 1. The molecule has 0 aliphatic carbocycles. The zero-order chi connectivity index (χ0) is 29.2. The van der Waals surface area contributed by atoms with E-state index in [4.69, 9.17) is 20.1 Å². The van der Waals surface area contributed by atoms with Gasteiger partial charge in [0, 0.05) is 31.2 Å². The molecule has 11 nitrogen and oxygen atoms in total. The van der Waals surface area contributed by atoms with Crippen molar-refractivity contribution in [2.45, 2.75) is 121 Å². The molecule has 0 amide bonds. The van der Waals surface area contributed by atoms with Crippen LogP contribution in [0.2, 0.25) is 0 Å². The average Bonchev–Trinajstić information content (AvgIpc) is 2.84. The largest absolute Gasteiger partial charge is 1.00 e. The Balaban J connectivity index is -0.000000231. The molecule has 0 saturated carbocycles. The Labute approximate surface area is 372 Å². The van der Waals surface area contributed by atoms with Gasteiger partial charge >= 0.3 is 160 Å². The first-order valence-corrected chi connectivity index (χ1v) is 13.4. The second kappa shape index (κ2) is 36.9. The molecule has 1 unspecified atom stereocenters. The minimum absolute atomic E-state index is 0. The van der Waals surface area contributed by atoms with Crippen molar-refractivity contribution >= 4 is 23.9 Å². The predicted molar refractivity (Wildman–Crippen MR) is 133 cm³/mol. The molecule has 0 fully saturated rings. The minimum atomic E-state index is -2.97. The van der Waals surface area contributed by atoms with Gasteiger partial charge in [-0.15, -0.1) is 0 Å². The fraction of sp³-hybridized carbons (Fsp3) is 0.778. The molecular formula is C27H45K3O11. The van der Waals surface area contributed by atoms with Gasteiger partial charge in [-0.25, -0.2) is 0 Å². The number of esters is 1. The van der Waals surface area contributed by atoms with Crippen LogP contribution in [-0.2, 0) is 23.9 Å². The number of unbranched alkanes of at least 4 members (excludes halogenated alkanes) is 11. The Morgan fingerprint density at radius 2 is 1.17 bits per heavy atom. The summed E-state index contributed by atoms with van der Waals surface area (Å²) in [7, 11) is 0. The Bertz CT molecular complexity index is 675. The van der Waals surface area contributed by atoms with Crippen molar-refractivity contribution in [1.29, 1.82) is 0 Å². The summed E-state index contributed by atoms with van der Waals surface area (Å²) >= 11 is 0. The fourth-order valence-corrected chi connectivity index (χ4v) is 3.34. The molecule has 0 radical (unpaired) electrons. The Morgan fingerprint density at radius 3 is 1.56 bits per heavy atom. The van der Waals surface area contributed by atoms with E-state index < -0.39 is 42.5 Å². The SMILES string of the molecule is CCCCCCCC/C=C\CCCCCCCC(=O)OCC(O)CO.O=C([O-])CC(O)(CC(=O)[O-])C(=O)[O-].[K+].[K+].[K+]. The molecule has 14 heteroatoms. The van der Waals surface area contributed by atoms with E-state index in [9.17, 15) is 34.5 Å². The van der Waals surface area contributed by atoms with Crippen molar-refractivity contribution < 1.29 is 209 Å². The number of allylic oxidation sites excluding steroid dienone is 2. The van der Waals surface area contributed by atoms with Gasteiger partial charge < -0.3 is 49.8 Å². The van der Waals surface area contributed by atoms with Crippen LogP contribution >= 0.6 is 0 Å². The molecule has 0 heterocycles. The summed E-state index contributed by atoms with van der Waals surface area (Å²) in [5.74, 6) is -6.27. The van der Waals surface area contributed by atoms with Gasteiger partial charge in [-0.3, -0.25) is 4.79 Å². The first kappa shape index (κ1) is 52.9. The summed E-state index contributed by atoms with van der Waals surface area (Å²) < 4.78 is 4.86. The molecule has 0 aromatic heterocycles. The van der Waals surface area contributed by atoms with E-state index in [1.165, 1.54) is 57.8 Å². The first-order chi connectivity index (χ1) is 18.0. The van der Waals surface area contributed by atoms with Gasteiger partial charge in [0.2, 0.25) is 0 Å². The first-order valence-electron chi connectivity index (χ1n) is 13.4. The van der Waals surface area contributed by atoms with Crippen molar-refractivity contribution in [3.8, 4) is 0 Å². The molecular weight excluding hydrogens is 618 g/mol. The van der Waals surface area contributed by atoms with Crippen LogP contribution in [0.4, 0.5) is 0 Å². The third-order valence-corrected chi connectivity index (χ3v) is 5.54. The maximum Gasteiger partial charge on any atom is 1.00 e. The summed E-state index contributed by atoms with van der Waals surface area (Å²) in [5.41, 5.74) is -2.97. The van der Waals surface area contributed by atoms with Gasteiger partial charge in [-0.05, 0) is 32.1 Å². The van der Waals surface area contributed by atoms with Crippen LogP contribution in [0.5, 0.6) is 0 Å². The quantitative estimate of drug-likeness (QED) is 0.0405. The van der Waals surface area contributed by atoms with E-state index in [2.05, 4.69) is 19.1 Å². The number of aliphatic hydroxyl groups is 3. The number of hydrogen-bond acceptors (Lipinski definition) is 11. The van der Waals surface area contributed by atoms with Gasteiger partial charge in [-0.2, -0.15) is 0 Å². The average molecular weight is 663 g/mol. The number of carboxylic acid groups (broad SMARTS) is 3. The molecule has 3 N–H and O–H groups in total. The molecule has 0 aliphatic heterocycles. The molecule has 0 aromatic carbocycles. The Hall–Kier alpha value is 2.41. The van der Waals surface area contributed by atoms with Crippen LogP contribution in [0.25, 0.3) is 0 Å². The van der Waals surface area contributed by atoms with E-state index in [0.29, 0.717) is 6.42 Å². The zero-order valence-electron chi connectivity index (χ0n) is 25.6. The second-order valence-corrected chi connectivity index (χ2v) is 9.27. The molecule has 0 aromatic rings. The molecule has 0 rings (SSSR count). The van der Waals surface area contributed by atoms with E-state index >= 15 is 0 Å². The number of hydrogen-bond donors (Lipinski definition) is 3. The molecule has 0 spiro atoms. The number of carbonyl (C=O) groups excluding carboxylic acids is 4. The van der Waals surface area contributed by atoms with Crippen LogP contribution < -0.4 is 169 Å². The van der Waals surface area contributed by atoms with Crippen LogP contribution in [-0.4, -0.2) is 64.1 Å². The molecule has 1 atom stereocenters. The third-order valence-electron chi connectivity index (χ3n) is 5.54.